The van der Waals surface area contributed by atoms with Gasteiger partial charge in [-0.1, -0.05) is 0 Å². The van der Waals surface area contributed by atoms with Gasteiger partial charge in [0, 0.05) is 45.6 Å². The molecule has 0 atom stereocenters. The van der Waals surface area contributed by atoms with E-state index >= 15 is 0 Å². The molecule has 2 rings (SSSR count). The molecule has 96 valence electrons. The van der Waals surface area contributed by atoms with E-state index in [9.17, 15) is 0 Å². The first kappa shape index (κ1) is 12.3. The summed E-state index contributed by atoms with van der Waals surface area (Å²) in [6.45, 7) is 2.67. The summed E-state index contributed by atoms with van der Waals surface area (Å²) in [7, 11) is 5.83. The molecule has 0 aliphatic carbocycles. The first-order chi connectivity index (χ1) is 8.56. The van der Waals surface area contributed by atoms with Gasteiger partial charge in [0.1, 0.15) is 5.82 Å². The highest BCUT2D eigenvalue weighted by atomic mass is 15.3. The standard InChI is InChI=1S/C12H18N6/c1-9-10(8-18(4)16-9)7-14-12-13-6-5-11(15-12)17(2)3/h5-6,8H,7H2,1-4H3,(H,13,14,15). The molecule has 18 heavy (non-hydrogen) atoms. The zero-order valence-electron chi connectivity index (χ0n) is 11.2. The number of anilines is 2. The van der Waals surface area contributed by atoms with Crippen molar-refractivity contribution in [2.75, 3.05) is 24.3 Å². The van der Waals surface area contributed by atoms with Crippen molar-refractivity contribution in [2.45, 2.75) is 13.5 Å². The molecule has 0 fully saturated rings. The highest BCUT2D eigenvalue weighted by Gasteiger charge is 2.04. The Hall–Kier alpha value is -2.11. The quantitative estimate of drug-likeness (QED) is 0.878. The van der Waals surface area contributed by atoms with Crippen LogP contribution in [0.4, 0.5) is 11.8 Å². The predicted molar refractivity (Wildman–Crippen MR) is 71.6 cm³/mol. The van der Waals surface area contributed by atoms with Gasteiger partial charge in [-0.05, 0) is 13.0 Å². The molecule has 6 heteroatoms. The lowest BCUT2D eigenvalue weighted by Gasteiger charge is -2.12. The van der Waals surface area contributed by atoms with Gasteiger partial charge < -0.3 is 10.2 Å². The topological polar surface area (TPSA) is 58.9 Å². The SMILES string of the molecule is Cc1nn(C)cc1CNc1nccc(N(C)C)n1. The molecule has 0 aliphatic heterocycles. The molecule has 2 aromatic rings. The van der Waals surface area contributed by atoms with Crippen molar-refractivity contribution in [1.29, 1.82) is 0 Å². The van der Waals surface area contributed by atoms with Crippen molar-refractivity contribution < 1.29 is 0 Å². The summed E-state index contributed by atoms with van der Waals surface area (Å²) in [5.41, 5.74) is 2.17. The van der Waals surface area contributed by atoms with Gasteiger partial charge in [0.05, 0.1) is 5.69 Å². The summed E-state index contributed by atoms with van der Waals surface area (Å²) < 4.78 is 1.81. The average Bonchev–Trinajstić information content (AvgIpc) is 2.65. The summed E-state index contributed by atoms with van der Waals surface area (Å²) in [6, 6.07) is 1.88. The number of aryl methyl sites for hydroxylation is 2. The number of hydrogen-bond acceptors (Lipinski definition) is 5. The Labute approximate surface area is 107 Å². The van der Waals surface area contributed by atoms with Gasteiger partial charge in [-0.15, -0.1) is 0 Å². The van der Waals surface area contributed by atoms with E-state index in [0.717, 1.165) is 17.1 Å². The molecule has 0 saturated heterocycles. The van der Waals surface area contributed by atoms with Crippen molar-refractivity contribution in [2.24, 2.45) is 7.05 Å². The first-order valence-electron chi connectivity index (χ1n) is 5.79. The Morgan fingerprint density at radius 2 is 2.17 bits per heavy atom. The molecular formula is C12H18N6. The maximum Gasteiger partial charge on any atom is 0.224 e. The summed E-state index contributed by atoms with van der Waals surface area (Å²) in [5, 5.41) is 7.50. The molecule has 0 aliphatic rings. The fraction of sp³-hybridized carbons (Fsp3) is 0.417. The molecule has 0 radical (unpaired) electrons. The third-order valence-electron chi connectivity index (χ3n) is 2.65. The Morgan fingerprint density at radius 1 is 1.39 bits per heavy atom. The average molecular weight is 246 g/mol. The van der Waals surface area contributed by atoms with E-state index < -0.39 is 0 Å². The van der Waals surface area contributed by atoms with Crippen LogP contribution in [-0.4, -0.2) is 33.8 Å². The van der Waals surface area contributed by atoms with E-state index in [-0.39, 0.29) is 0 Å². The van der Waals surface area contributed by atoms with E-state index in [4.69, 9.17) is 0 Å². The molecule has 2 heterocycles. The van der Waals surface area contributed by atoms with Gasteiger partial charge in [0.25, 0.3) is 0 Å². The number of rotatable bonds is 4. The van der Waals surface area contributed by atoms with E-state index in [2.05, 4.69) is 20.4 Å². The fourth-order valence-corrected chi connectivity index (χ4v) is 1.68. The second-order valence-corrected chi connectivity index (χ2v) is 4.40. The number of hydrogen-bond donors (Lipinski definition) is 1. The summed E-state index contributed by atoms with van der Waals surface area (Å²) >= 11 is 0. The smallest absolute Gasteiger partial charge is 0.224 e. The van der Waals surface area contributed by atoms with Crippen LogP contribution in [0.15, 0.2) is 18.5 Å². The lowest BCUT2D eigenvalue weighted by molar-refractivity contribution is 0.756. The lowest BCUT2D eigenvalue weighted by Crippen LogP contribution is -2.12. The van der Waals surface area contributed by atoms with Crippen LogP contribution in [0.2, 0.25) is 0 Å². The Balaban J connectivity index is 2.06. The zero-order chi connectivity index (χ0) is 13.1. The van der Waals surface area contributed by atoms with Gasteiger partial charge >= 0.3 is 0 Å². The maximum absolute atomic E-state index is 4.40. The summed E-state index contributed by atoms with van der Waals surface area (Å²) in [6.07, 6.45) is 3.75. The Morgan fingerprint density at radius 3 is 2.78 bits per heavy atom. The van der Waals surface area contributed by atoms with Crippen LogP contribution in [0.5, 0.6) is 0 Å². The van der Waals surface area contributed by atoms with Crippen molar-refractivity contribution in [3.8, 4) is 0 Å². The molecule has 1 N–H and O–H groups in total. The van der Waals surface area contributed by atoms with E-state index in [0.29, 0.717) is 12.5 Å². The molecule has 0 aromatic carbocycles. The van der Waals surface area contributed by atoms with Crippen molar-refractivity contribution in [1.82, 2.24) is 19.7 Å². The second kappa shape index (κ2) is 5.03. The van der Waals surface area contributed by atoms with Gasteiger partial charge in [0.15, 0.2) is 0 Å². The van der Waals surface area contributed by atoms with Gasteiger partial charge in [-0.3, -0.25) is 4.68 Å². The minimum Gasteiger partial charge on any atom is -0.363 e. The normalized spacial score (nSPS) is 10.4. The van der Waals surface area contributed by atoms with Crippen LogP contribution in [-0.2, 0) is 13.6 Å². The highest BCUT2D eigenvalue weighted by Crippen LogP contribution is 2.11. The predicted octanol–water partition coefficient (Wildman–Crippen LogP) is 1.20. The highest BCUT2D eigenvalue weighted by molar-refractivity contribution is 5.41. The Bertz CT molecular complexity index is 531. The van der Waals surface area contributed by atoms with Crippen LogP contribution in [0.25, 0.3) is 0 Å². The molecule has 0 unspecified atom stereocenters. The van der Waals surface area contributed by atoms with Gasteiger partial charge in [-0.2, -0.15) is 10.1 Å². The van der Waals surface area contributed by atoms with E-state index in [1.54, 1.807) is 6.20 Å². The van der Waals surface area contributed by atoms with Crippen LogP contribution < -0.4 is 10.2 Å². The molecule has 2 aromatic heterocycles. The van der Waals surface area contributed by atoms with E-state index in [1.165, 1.54) is 0 Å². The minimum absolute atomic E-state index is 0.629. The van der Waals surface area contributed by atoms with Crippen molar-refractivity contribution >= 4 is 11.8 Å². The van der Waals surface area contributed by atoms with E-state index in [1.807, 2.05) is 49.9 Å². The number of aromatic nitrogens is 4. The number of nitrogens with one attached hydrogen (secondary N) is 1. The maximum atomic E-state index is 4.40. The van der Waals surface area contributed by atoms with Crippen LogP contribution in [0.3, 0.4) is 0 Å². The minimum atomic E-state index is 0.629. The summed E-state index contributed by atoms with van der Waals surface area (Å²) in [4.78, 5) is 10.5. The lowest BCUT2D eigenvalue weighted by atomic mass is 10.3. The molecule has 6 nitrogen and oxygen atoms in total. The Kier molecular flexibility index (Phi) is 3.45. The third kappa shape index (κ3) is 2.77. The van der Waals surface area contributed by atoms with Crippen molar-refractivity contribution in [3.05, 3.63) is 29.7 Å². The summed E-state index contributed by atoms with van der Waals surface area (Å²) in [5.74, 6) is 1.51. The molecular weight excluding hydrogens is 228 g/mol. The molecule has 0 spiro atoms. The van der Waals surface area contributed by atoms with Crippen LogP contribution in [0, 0.1) is 6.92 Å². The van der Waals surface area contributed by atoms with Gasteiger partial charge in [0.2, 0.25) is 5.95 Å². The monoisotopic (exact) mass is 246 g/mol. The van der Waals surface area contributed by atoms with Crippen LogP contribution >= 0.6 is 0 Å². The molecule has 0 bridgehead atoms. The first-order valence-corrected chi connectivity index (χ1v) is 5.79. The van der Waals surface area contributed by atoms with Gasteiger partial charge in [-0.25, -0.2) is 4.98 Å². The fourth-order valence-electron chi connectivity index (χ4n) is 1.68. The zero-order valence-corrected chi connectivity index (χ0v) is 11.2. The van der Waals surface area contributed by atoms with Crippen LogP contribution in [0.1, 0.15) is 11.3 Å². The molecule has 0 saturated carbocycles. The number of nitrogens with zero attached hydrogens (tertiary/aromatic N) is 5. The largest absolute Gasteiger partial charge is 0.363 e. The third-order valence-corrected chi connectivity index (χ3v) is 2.65. The second-order valence-electron chi connectivity index (χ2n) is 4.40. The molecule has 0 amide bonds. The van der Waals surface area contributed by atoms with Crippen molar-refractivity contribution in [3.63, 3.8) is 0 Å².